The Hall–Kier alpha value is -3.71. The first-order valence-electron chi connectivity index (χ1n) is 16.7. The molecule has 1 aliphatic carbocycles. The number of methoxy groups -OCH3 is 1. The molecule has 14 heteroatoms. The Morgan fingerprint density at radius 3 is 2.41 bits per heavy atom. The lowest BCUT2D eigenvalue weighted by atomic mass is 9.85. The Kier molecular flexibility index (Phi) is 9.85. The summed E-state index contributed by atoms with van der Waals surface area (Å²) in [5.41, 5.74) is -4.07. The number of aromatic nitrogens is 1. The Bertz CT molecular complexity index is 1610. The second-order valence-corrected chi connectivity index (χ2v) is 14.9. The maximum absolute atomic E-state index is 16.3. The Morgan fingerprint density at radius 1 is 1.10 bits per heavy atom. The Balaban J connectivity index is 1.69. The lowest BCUT2D eigenvalue weighted by Crippen LogP contribution is -2.57. The SMILES string of the molecule is COc1ccc2c(C(F)(F)F)c3c(nc2c1)OC1CN(C(=O)C(C(C)(C)C)NC(=O)OC2CC2CCCCC3(F)F)C(C(=O)C(C)C)C1C. The van der Waals surface area contributed by atoms with Crippen LogP contribution in [-0.2, 0) is 26.4 Å². The molecule has 1 aromatic heterocycles. The standard InChI is InChI=1S/C35H44F5N3O6/c1-17(2)28(44)27-18(3)24-16-43(27)31(45)29(33(4,5)6)42-32(46)49-23-14-19(23)10-8-9-13-34(36,37)26-25(35(38,39)40)21-12-11-20(47-7)15-22(21)41-30(26)48-24/h11-12,15,17-19,23-24,27,29H,8-10,13-14,16H2,1-7H3,(H,42,46). The van der Waals surface area contributed by atoms with Gasteiger partial charge in [0, 0.05) is 29.7 Å². The number of pyridine rings is 1. The van der Waals surface area contributed by atoms with Crippen LogP contribution in [0, 0.1) is 23.2 Å². The predicted molar refractivity (Wildman–Crippen MR) is 169 cm³/mol. The predicted octanol–water partition coefficient (Wildman–Crippen LogP) is 7.28. The summed E-state index contributed by atoms with van der Waals surface area (Å²) in [6, 6.07) is 1.22. The number of fused-ring (bicyclic) bond motifs is 5. The van der Waals surface area contributed by atoms with Crippen LogP contribution in [0.5, 0.6) is 11.6 Å². The first-order chi connectivity index (χ1) is 22.7. The highest BCUT2D eigenvalue weighted by Crippen LogP contribution is 2.50. The molecule has 0 radical (unpaired) electrons. The number of rotatable bonds is 3. The third kappa shape index (κ3) is 7.42. The summed E-state index contributed by atoms with van der Waals surface area (Å²) in [4.78, 5) is 46.4. The number of amides is 2. The van der Waals surface area contributed by atoms with Gasteiger partial charge in [0.05, 0.1) is 36.3 Å². The number of ketones is 1. The minimum absolute atomic E-state index is 0.0998. The lowest BCUT2D eigenvalue weighted by Gasteiger charge is -2.35. The summed E-state index contributed by atoms with van der Waals surface area (Å²) in [6.07, 6.45) is -7.55. The number of alkyl carbamates (subject to hydrolysis) is 1. The van der Waals surface area contributed by atoms with Crippen molar-refractivity contribution >= 4 is 28.7 Å². The molecule has 2 bridgehead atoms. The van der Waals surface area contributed by atoms with Crippen molar-refractivity contribution in [3.8, 4) is 11.6 Å². The summed E-state index contributed by atoms with van der Waals surface area (Å²) in [5, 5.41) is 2.14. The molecule has 3 heterocycles. The van der Waals surface area contributed by atoms with E-state index in [0.29, 0.717) is 12.8 Å². The lowest BCUT2D eigenvalue weighted by molar-refractivity contribution is -0.143. The number of nitrogens with zero attached hydrogens (tertiary/aromatic N) is 2. The Morgan fingerprint density at radius 2 is 1.80 bits per heavy atom. The average Bonchev–Trinajstić information content (AvgIpc) is 3.66. The minimum atomic E-state index is -5.22. The van der Waals surface area contributed by atoms with Crippen molar-refractivity contribution in [2.75, 3.05) is 13.7 Å². The fourth-order valence-corrected chi connectivity index (χ4v) is 6.95. The number of hydrogen-bond acceptors (Lipinski definition) is 7. The zero-order valence-electron chi connectivity index (χ0n) is 28.7. The summed E-state index contributed by atoms with van der Waals surface area (Å²) in [5.74, 6) is -7.28. The number of Topliss-reactive ketones (excluding diaryl/α,β-unsaturated/α-hetero) is 1. The molecule has 0 spiro atoms. The molecule has 1 saturated heterocycles. The molecule has 3 aliphatic rings. The van der Waals surface area contributed by atoms with E-state index in [-0.39, 0.29) is 42.4 Å². The van der Waals surface area contributed by atoms with E-state index in [1.165, 1.54) is 24.1 Å². The van der Waals surface area contributed by atoms with Crippen LogP contribution in [0.25, 0.3) is 10.9 Å². The van der Waals surface area contributed by atoms with Crippen molar-refractivity contribution in [3.63, 3.8) is 0 Å². The molecule has 2 fully saturated rings. The van der Waals surface area contributed by atoms with E-state index in [1.807, 2.05) is 0 Å². The van der Waals surface area contributed by atoms with Crippen molar-refractivity contribution in [1.29, 1.82) is 0 Å². The average molecular weight is 698 g/mol. The Labute approximate surface area is 282 Å². The molecular weight excluding hydrogens is 653 g/mol. The van der Waals surface area contributed by atoms with Crippen LogP contribution in [0.3, 0.4) is 0 Å². The molecule has 6 atom stereocenters. The highest BCUT2D eigenvalue weighted by atomic mass is 19.4. The topological polar surface area (TPSA) is 107 Å². The summed E-state index contributed by atoms with van der Waals surface area (Å²) < 4.78 is 94.2. The third-order valence-electron chi connectivity index (χ3n) is 9.82. The number of ether oxygens (including phenoxy) is 3. The van der Waals surface area contributed by atoms with Crippen molar-refractivity contribution in [2.24, 2.45) is 23.2 Å². The van der Waals surface area contributed by atoms with Gasteiger partial charge in [-0.1, -0.05) is 48.0 Å². The molecule has 1 saturated carbocycles. The van der Waals surface area contributed by atoms with E-state index in [4.69, 9.17) is 14.2 Å². The van der Waals surface area contributed by atoms with Crippen LogP contribution in [0.15, 0.2) is 18.2 Å². The van der Waals surface area contributed by atoms with Gasteiger partial charge < -0.3 is 24.4 Å². The fraction of sp³-hybridized carbons (Fsp3) is 0.657. The third-order valence-corrected chi connectivity index (χ3v) is 9.82. The second-order valence-electron chi connectivity index (χ2n) is 14.9. The van der Waals surface area contributed by atoms with Gasteiger partial charge in [0.1, 0.15) is 24.0 Å². The van der Waals surface area contributed by atoms with E-state index < -0.39 is 94.5 Å². The quantitative estimate of drug-likeness (QED) is 0.336. The normalized spacial score (nSPS) is 28.1. The molecular formula is C35H44F5N3O6. The van der Waals surface area contributed by atoms with Crippen LogP contribution >= 0.6 is 0 Å². The van der Waals surface area contributed by atoms with Crippen LogP contribution in [0.4, 0.5) is 26.7 Å². The molecule has 2 amide bonds. The van der Waals surface area contributed by atoms with Gasteiger partial charge in [0.2, 0.25) is 11.8 Å². The van der Waals surface area contributed by atoms with Gasteiger partial charge in [0.25, 0.3) is 5.92 Å². The summed E-state index contributed by atoms with van der Waals surface area (Å²) in [6.45, 7) is 9.73. The molecule has 2 aliphatic heterocycles. The molecule has 2 aromatic rings. The summed E-state index contributed by atoms with van der Waals surface area (Å²) >= 11 is 0. The number of benzene rings is 1. The molecule has 6 unspecified atom stereocenters. The highest BCUT2D eigenvalue weighted by Gasteiger charge is 2.53. The largest absolute Gasteiger partial charge is 0.497 e. The molecule has 1 N–H and O–H groups in total. The molecule has 49 heavy (non-hydrogen) atoms. The van der Waals surface area contributed by atoms with Crippen LogP contribution in [0.1, 0.15) is 84.8 Å². The van der Waals surface area contributed by atoms with Crippen molar-refractivity contribution in [3.05, 3.63) is 29.3 Å². The van der Waals surface area contributed by atoms with E-state index in [1.54, 1.807) is 41.5 Å². The van der Waals surface area contributed by atoms with Crippen molar-refractivity contribution < 1.29 is 50.5 Å². The fourth-order valence-electron chi connectivity index (χ4n) is 6.95. The van der Waals surface area contributed by atoms with Crippen molar-refractivity contribution in [2.45, 2.75) is 110 Å². The van der Waals surface area contributed by atoms with Gasteiger partial charge >= 0.3 is 12.3 Å². The van der Waals surface area contributed by atoms with E-state index in [0.717, 1.165) is 6.07 Å². The maximum Gasteiger partial charge on any atom is 0.417 e. The van der Waals surface area contributed by atoms with Gasteiger partial charge in [-0.15, -0.1) is 0 Å². The zero-order chi connectivity index (χ0) is 36.2. The monoisotopic (exact) mass is 697 g/mol. The van der Waals surface area contributed by atoms with Crippen LogP contribution in [-0.4, -0.2) is 65.6 Å². The molecule has 5 rings (SSSR count). The van der Waals surface area contributed by atoms with Crippen molar-refractivity contribution in [1.82, 2.24) is 15.2 Å². The number of carbonyl (C=O) groups is 3. The molecule has 9 nitrogen and oxygen atoms in total. The number of alkyl halides is 5. The second kappa shape index (κ2) is 13.2. The van der Waals surface area contributed by atoms with Gasteiger partial charge in [-0.2, -0.15) is 13.2 Å². The zero-order valence-corrected chi connectivity index (χ0v) is 28.7. The van der Waals surface area contributed by atoms with E-state index in [9.17, 15) is 27.6 Å². The summed E-state index contributed by atoms with van der Waals surface area (Å²) in [7, 11) is 1.31. The van der Waals surface area contributed by atoms with E-state index >= 15 is 8.78 Å². The number of hydrogen-bond donors (Lipinski definition) is 1. The van der Waals surface area contributed by atoms with Crippen LogP contribution < -0.4 is 14.8 Å². The number of nitrogens with one attached hydrogen (secondary N) is 1. The molecule has 270 valence electrons. The smallest absolute Gasteiger partial charge is 0.417 e. The number of halogens is 5. The number of carbonyl (C=O) groups excluding carboxylic acids is 3. The van der Waals surface area contributed by atoms with Gasteiger partial charge in [0.15, 0.2) is 5.78 Å². The van der Waals surface area contributed by atoms with Gasteiger partial charge in [-0.3, -0.25) is 9.59 Å². The first kappa shape index (κ1) is 36.6. The highest BCUT2D eigenvalue weighted by molar-refractivity contribution is 5.94. The van der Waals surface area contributed by atoms with Crippen LogP contribution in [0.2, 0.25) is 0 Å². The van der Waals surface area contributed by atoms with Gasteiger partial charge in [-0.05, 0) is 42.7 Å². The maximum atomic E-state index is 16.3. The first-order valence-corrected chi connectivity index (χ1v) is 16.7. The molecule has 1 aromatic carbocycles. The van der Waals surface area contributed by atoms with E-state index in [2.05, 4.69) is 10.3 Å². The minimum Gasteiger partial charge on any atom is -0.497 e. The van der Waals surface area contributed by atoms with Gasteiger partial charge in [-0.25, -0.2) is 18.6 Å².